The van der Waals surface area contributed by atoms with Gasteiger partial charge in [0.1, 0.15) is 0 Å². The Kier molecular flexibility index (Phi) is 1.96. The van der Waals surface area contributed by atoms with Crippen LogP contribution < -0.4 is 0 Å². The zero-order valence-electron chi connectivity index (χ0n) is 9.13. The van der Waals surface area contributed by atoms with Crippen molar-refractivity contribution < 1.29 is 4.79 Å². The number of hydrogen-bond acceptors (Lipinski definition) is 2. The van der Waals surface area contributed by atoms with E-state index in [1.54, 1.807) is 11.1 Å². The van der Waals surface area contributed by atoms with Crippen LogP contribution in [0.1, 0.15) is 5.56 Å². The minimum absolute atomic E-state index is 0.125. The van der Waals surface area contributed by atoms with E-state index in [9.17, 15) is 4.79 Å². The molecule has 0 saturated carbocycles. The number of carbonyl (C=O) groups is 1. The summed E-state index contributed by atoms with van der Waals surface area (Å²) in [4.78, 5) is 19.6. The highest BCUT2D eigenvalue weighted by Crippen LogP contribution is 2.27. The molecule has 1 aromatic rings. The number of pyridine rings is 1. The first-order valence-corrected chi connectivity index (χ1v) is 5.38. The monoisotopic (exact) mass is 215 g/mol. The van der Waals surface area contributed by atoms with Crippen molar-refractivity contribution in [1.29, 1.82) is 0 Å². The van der Waals surface area contributed by atoms with Crippen molar-refractivity contribution in [1.82, 2.24) is 14.8 Å². The molecular formula is C12H13N3O. The molecule has 2 bridgehead atoms. The molecule has 82 valence electrons. The zero-order valence-corrected chi connectivity index (χ0v) is 9.13. The first kappa shape index (κ1) is 9.39. The van der Waals surface area contributed by atoms with Crippen molar-refractivity contribution in [3.63, 3.8) is 0 Å². The summed E-state index contributed by atoms with van der Waals surface area (Å²) in [6, 6.07) is 4.31. The van der Waals surface area contributed by atoms with Crippen LogP contribution in [0.3, 0.4) is 0 Å². The van der Waals surface area contributed by atoms with Gasteiger partial charge in [0.15, 0.2) is 0 Å². The lowest BCUT2D eigenvalue weighted by molar-refractivity contribution is 0.202. The van der Waals surface area contributed by atoms with Crippen LogP contribution in [-0.4, -0.2) is 47.0 Å². The molecule has 2 aliphatic rings. The second-order valence-corrected chi connectivity index (χ2v) is 4.27. The fourth-order valence-electron chi connectivity index (χ4n) is 2.32. The van der Waals surface area contributed by atoms with E-state index in [1.807, 2.05) is 30.3 Å². The molecule has 0 spiro atoms. The summed E-state index contributed by atoms with van der Waals surface area (Å²) in [5, 5.41) is 0. The van der Waals surface area contributed by atoms with Gasteiger partial charge in [0.2, 0.25) is 0 Å². The molecule has 16 heavy (non-hydrogen) atoms. The Morgan fingerprint density at radius 3 is 3.06 bits per heavy atom. The van der Waals surface area contributed by atoms with Gasteiger partial charge in [-0.15, -0.1) is 0 Å². The number of likely N-dealkylation sites (N-methyl/N-ethyl adjacent to an activating group) is 1. The van der Waals surface area contributed by atoms with Gasteiger partial charge >= 0.3 is 6.03 Å². The number of hydrogen-bond donors (Lipinski definition) is 0. The maximum atomic E-state index is 11.8. The first-order chi connectivity index (χ1) is 7.75. The van der Waals surface area contributed by atoms with Crippen molar-refractivity contribution in [2.75, 3.05) is 20.1 Å². The lowest BCUT2D eigenvalue weighted by Gasteiger charge is -2.21. The largest absolute Gasteiger partial charge is 0.320 e. The van der Waals surface area contributed by atoms with Gasteiger partial charge in [-0.2, -0.15) is 0 Å². The van der Waals surface area contributed by atoms with E-state index in [-0.39, 0.29) is 12.1 Å². The molecule has 2 amide bonds. The number of urea groups is 1. The Morgan fingerprint density at radius 1 is 1.50 bits per heavy atom. The van der Waals surface area contributed by atoms with Crippen LogP contribution in [0.2, 0.25) is 0 Å². The highest BCUT2D eigenvalue weighted by molar-refractivity contribution is 5.83. The van der Waals surface area contributed by atoms with E-state index in [1.165, 1.54) is 5.57 Å². The molecule has 1 atom stereocenters. The van der Waals surface area contributed by atoms with Gasteiger partial charge in [0, 0.05) is 32.5 Å². The summed E-state index contributed by atoms with van der Waals surface area (Å²) in [6.45, 7) is 1.52. The van der Waals surface area contributed by atoms with Gasteiger partial charge in [-0.25, -0.2) is 4.79 Å². The number of fused-ring (bicyclic) bond motifs is 2. The predicted molar refractivity (Wildman–Crippen MR) is 60.7 cm³/mol. The summed E-state index contributed by atoms with van der Waals surface area (Å²) in [5.41, 5.74) is 2.31. The Morgan fingerprint density at radius 2 is 2.38 bits per heavy atom. The smallest absolute Gasteiger partial charge is 0.319 e. The average molecular weight is 215 g/mol. The van der Waals surface area contributed by atoms with Gasteiger partial charge in [-0.05, 0) is 17.2 Å². The van der Waals surface area contributed by atoms with Crippen LogP contribution in [0, 0.1) is 0 Å². The lowest BCUT2D eigenvalue weighted by Crippen LogP contribution is -2.30. The van der Waals surface area contributed by atoms with Crippen molar-refractivity contribution in [2.45, 2.75) is 6.04 Å². The number of rotatable bonds is 1. The zero-order chi connectivity index (χ0) is 11.1. The van der Waals surface area contributed by atoms with E-state index < -0.39 is 0 Å². The fraction of sp³-hybridized carbons (Fsp3) is 0.333. The number of carbonyl (C=O) groups excluding carboxylic acids is 1. The molecule has 1 fully saturated rings. The average Bonchev–Trinajstić information content (AvgIpc) is 2.54. The summed E-state index contributed by atoms with van der Waals surface area (Å²) < 4.78 is 0. The van der Waals surface area contributed by atoms with Crippen molar-refractivity contribution in [3.05, 3.63) is 36.2 Å². The van der Waals surface area contributed by atoms with Crippen molar-refractivity contribution in [3.8, 4) is 0 Å². The highest BCUT2D eigenvalue weighted by atomic mass is 16.2. The van der Waals surface area contributed by atoms with Crippen LogP contribution in [0.5, 0.6) is 0 Å². The van der Waals surface area contributed by atoms with E-state index in [4.69, 9.17) is 0 Å². The quantitative estimate of drug-likeness (QED) is 0.706. The summed E-state index contributed by atoms with van der Waals surface area (Å²) in [7, 11) is 1.86. The molecule has 0 aromatic carbocycles. The SMILES string of the molecule is CN1C(=O)N2CC(c3cccnc3)=CC1C2. The van der Waals surface area contributed by atoms with E-state index >= 15 is 0 Å². The Labute approximate surface area is 94.2 Å². The predicted octanol–water partition coefficient (Wildman–Crippen LogP) is 1.21. The van der Waals surface area contributed by atoms with E-state index in [2.05, 4.69) is 11.1 Å². The molecular weight excluding hydrogens is 202 g/mol. The van der Waals surface area contributed by atoms with Gasteiger partial charge in [0.25, 0.3) is 0 Å². The van der Waals surface area contributed by atoms with Crippen LogP contribution in [-0.2, 0) is 0 Å². The number of amides is 2. The Hall–Kier alpha value is -1.84. The third-order valence-electron chi connectivity index (χ3n) is 3.26. The van der Waals surface area contributed by atoms with Crippen LogP contribution in [0.25, 0.3) is 5.57 Å². The van der Waals surface area contributed by atoms with Crippen LogP contribution in [0.4, 0.5) is 4.79 Å². The molecule has 0 radical (unpaired) electrons. The number of aromatic nitrogens is 1. The summed E-state index contributed by atoms with van der Waals surface area (Å²) in [5.74, 6) is 0. The van der Waals surface area contributed by atoms with Crippen LogP contribution in [0.15, 0.2) is 30.6 Å². The van der Waals surface area contributed by atoms with Crippen LogP contribution >= 0.6 is 0 Å². The minimum Gasteiger partial charge on any atom is -0.319 e. The molecule has 4 nitrogen and oxygen atoms in total. The van der Waals surface area contributed by atoms with Gasteiger partial charge < -0.3 is 9.80 Å². The van der Waals surface area contributed by atoms with Crippen molar-refractivity contribution >= 4 is 11.6 Å². The highest BCUT2D eigenvalue weighted by Gasteiger charge is 2.37. The molecule has 0 aliphatic carbocycles. The molecule has 3 rings (SSSR count). The van der Waals surface area contributed by atoms with Gasteiger partial charge in [-0.1, -0.05) is 12.1 Å². The molecule has 4 heteroatoms. The molecule has 1 saturated heterocycles. The minimum atomic E-state index is 0.125. The maximum Gasteiger partial charge on any atom is 0.320 e. The van der Waals surface area contributed by atoms with Gasteiger partial charge in [-0.3, -0.25) is 4.98 Å². The topological polar surface area (TPSA) is 36.4 Å². The normalized spacial score (nSPS) is 23.7. The maximum absolute atomic E-state index is 11.8. The Bertz CT molecular complexity index is 455. The second kappa shape index (κ2) is 3.33. The van der Waals surface area contributed by atoms with E-state index in [0.717, 1.165) is 12.1 Å². The van der Waals surface area contributed by atoms with E-state index in [0.29, 0.717) is 6.54 Å². The molecule has 0 N–H and O–H groups in total. The third kappa shape index (κ3) is 1.30. The summed E-state index contributed by atoms with van der Waals surface area (Å²) in [6.07, 6.45) is 5.79. The standard InChI is InChI=1S/C12H13N3O/c1-14-11-5-10(7-15(8-11)12(14)16)9-3-2-4-13-6-9/h2-6,11H,7-8H2,1H3. The molecule has 1 aromatic heterocycles. The second-order valence-electron chi connectivity index (χ2n) is 4.27. The fourth-order valence-corrected chi connectivity index (χ4v) is 2.32. The number of nitrogens with zero attached hydrogens (tertiary/aromatic N) is 3. The summed E-state index contributed by atoms with van der Waals surface area (Å²) >= 11 is 0. The molecule has 1 unspecified atom stereocenters. The third-order valence-corrected chi connectivity index (χ3v) is 3.26. The Balaban J connectivity index is 1.96. The molecule has 2 aliphatic heterocycles. The first-order valence-electron chi connectivity index (χ1n) is 5.38. The lowest BCUT2D eigenvalue weighted by atomic mass is 10.0. The molecule has 3 heterocycles. The van der Waals surface area contributed by atoms with Crippen molar-refractivity contribution in [2.24, 2.45) is 0 Å². The van der Waals surface area contributed by atoms with Gasteiger partial charge in [0.05, 0.1) is 6.04 Å².